The number of aromatic carboxylic acids is 1. The molecule has 7 heteroatoms. The first-order valence-electron chi connectivity index (χ1n) is 7.59. The number of rotatable bonds is 7. The van der Waals surface area contributed by atoms with E-state index in [2.05, 4.69) is 10.6 Å². The highest BCUT2D eigenvalue weighted by molar-refractivity contribution is 6.30. The fourth-order valence-electron chi connectivity index (χ4n) is 2.19. The minimum atomic E-state index is -1.16. The number of carbonyl (C=O) groups excluding carboxylic acids is 2. The van der Waals surface area contributed by atoms with E-state index in [1.54, 1.807) is 36.4 Å². The van der Waals surface area contributed by atoms with Crippen LogP contribution in [-0.2, 0) is 11.2 Å². The van der Waals surface area contributed by atoms with Gasteiger partial charge in [0.15, 0.2) is 0 Å². The van der Waals surface area contributed by atoms with Crippen molar-refractivity contribution in [3.05, 3.63) is 70.2 Å². The van der Waals surface area contributed by atoms with Gasteiger partial charge in [-0.05, 0) is 29.8 Å². The molecule has 2 rings (SSSR count). The predicted octanol–water partition coefficient (Wildman–Crippen LogP) is 2.13. The van der Waals surface area contributed by atoms with E-state index >= 15 is 0 Å². The first-order valence-corrected chi connectivity index (χ1v) is 7.97. The maximum absolute atomic E-state index is 12.0. The number of carboxylic acids is 1. The summed E-state index contributed by atoms with van der Waals surface area (Å²) in [7, 11) is 0. The molecule has 0 heterocycles. The Bertz CT molecular complexity index is 775. The molecule has 0 aliphatic rings. The van der Waals surface area contributed by atoms with Crippen LogP contribution in [0.4, 0.5) is 0 Å². The van der Waals surface area contributed by atoms with Crippen LogP contribution in [0, 0.1) is 0 Å². The van der Waals surface area contributed by atoms with Crippen molar-refractivity contribution in [2.45, 2.75) is 6.42 Å². The van der Waals surface area contributed by atoms with Gasteiger partial charge in [0.1, 0.15) is 0 Å². The van der Waals surface area contributed by atoms with Gasteiger partial charge in [0, 0.05) is 18.1 Å². The second kappa shape index (κ2) is 8.84. The highest BCUT2D eigenvalue weighted by Gasteiger charge is 2.15. The molecule has 0 atom stereocenters. The molecule has 6 nitrogen and oxygen atoms in total. The lowest BCUT2D eigenvalue weighted by molar-refractivity contribution is -0.120. The van der Waals surface area contributed by atoms with E-state index in [0.29, 0.717) is 5.02 Å². The third kappa shape index (κ3) is 5.61. The molecule has 0 aromatic heterocycles. The molecule has 3 N–H and O–H groups in total. The number of carbonyl (C=O) groups is 3. The lowest BCUT2D eigenvalue weighted by Gasteiger charge is -2.09. The molecule has 0 saturated heterocycles. The number of hydrogen-bond donors (Lipinski definition) is 3. The van der Waals surface area contributed by atoms with Crippen LogP contribution < -0.4 is 10.6 Å². The Morgan fingerprint density at radius 1 is 0.880 bits per heavy atom. The first kappa shape index (κ1) is 18.5. The average molecular weight is 361 g/mol. The van der Waals surface area contributed by atoms with E-state index in [9.17, 15) is 14.4 Å². The molecule has 2 aromatic rings. The quantitative estimate of drug-likeness (QED) is 0.659. The molecule has 2 aromatic carbocycles. The van der Waals surface area contributed by atoms with Crippen molar-refractivity contribution in [3.63, 3.8) is 0 Å². The summed E-state index contributed by atoms with van der Waals surface area (Å²) in [6.45, 7) is 0.437. The highest BCUT2D eigenvalue weighted by atomic mass is 35.5. The van der Waals surface area contributed by atoms with Crippen molar-refractivity contribution in [2.75, 3.05) is 13.1 Å². The van der Waals surface area contributed by atoms with Crippen molar-refractivity contribution < 1.29 is 19.5 Å². The highest BCUT2D eigenvalue weighted by Crippen LogP contribution is 2.10. The largest absolute Gasteiger partial charge is 0.478 e. The zero-order valence-electron chi connectivity index (χ0n) is 13.3. The molecule has 0 saturated carbocycles. The topological polar surface area (TPSA) is 95.5 Å². The normalized spacial score (nSPS) is 10.1. The van der Waals surface area contributed by atoms with Crippen LogP contribution in [0.5, 0.6) is 0 Å². The maximum atomic E-state index is 12.0. The summed E-state index contributed by atoms with van der Waals surface area (Å²) in [5, 5.41) is 14.9. The summed E-state index contributed by atoms with van der Waals surface area (Å²) >= 11 is 5.78. The Labute approximate surface area is 149 Å². The number of halogens is 1. The molecule has 0 aliphatic carbocycles. The summed E-state index contributed by atoms with van der Waals surface area (Å²) in [5.74, 6) is -1.84. The summed E-state index contributed by atoms with van der Waals surface area (Å²) < 4.78 is 0. The van der Waals surface area contributed by atoms with Gasteiger partial charge >= 0.3 is 5.97 Å². The first-order chi connectivity index (χ1) is 12.0. The summed E-state index contributed by atoms with van der Waals surface area (Å²) in [4.78, 5) is 35.0. The van der Waals surface area contributed by atoms with Crippen molar-refractivity contribution in [2.24, 2.45) is 0 Å². The molecule has 2 amide bonds. The fourth-order valence-corrected chi connectivity index (χ4v) is 2.32. The van der Waals surface area contributed by atoms with Crippen LogP contribution >= 0.6 is 11.6 Å². The van der Waals surface area contributed by atoms with Crippen LogP contribution in [0.15, 0.2) is 48.5 Å². The molecular weight excluding hydrogens is 344 g/mol. The smallest absolute Gasteiger partial charge is 0.336 e. The number of hydrogen-bond acceptors (Lipinski definition) is 3. The number of amides is 2. The van der Waals surface area contributed by atoms with Crippen molar-refractivity contribution in [3.8, 4) is 0 Å². The summed E-state index contributed by atoms with van der Waals surface area (Å²) in [5.41, 5.74) is 0.857. The van der Waals surface area contributed by atoms with Crippen LogP contribution in [0.1, 0.15) is 26.3 Å². The second-order valence-electron chi connectivity index (χ2n) is 5.26. The van der Waals surface area contributed by atoms with Gasteiger partial charge in [-0.2, -0.15) is 0 Å². The number of carboxylic acid groups (broad SMARTS) is 1. The Morgan fingerprint density at radius 2 is 1.48 bits per heavy atom. The summed E-state index contributed by atoms with van der Waals surface area (Å²) in [6, 6.07) is 12.9. The third-order valence-corrected chi connectivity index (χ3v) is 3.66. The van der Waals surface area contributed by atoms with Gasteiger partial charge in [-0.25, -0.2) is 4.79 Å². The Hall–Kier alpha value is -2.86. The SMILES string of the molecule is O=C(Cc1ccc(Cl)cc1)NCCNC(=O)c1ccccc1C(=O)O. The van der Waals surface area contributed by atoms with Gasteiger partial charge < -0.3 is 15.7 Å². The van der Waals surface area contributed by atoms with Crippen molar-refractivity contribution in [1.82, 2.24) is 10.6 Å². The minimum absolute atomic E-state index is 0.0632. The summed E-state index contributed by atoms with van der Waals surface area (Å²) in [6.07, 6.45) is 0.215. The second-order valence-corrected chi connectivity index (χ2v) is 5.70. The van der Waals surface area contributed by atoms with Gasteiger partial charge in [0.2, 0.25) is 5.91 Å². The molecule has 25 heavy (non-hydrogen) atoms. The molecule has 0 spiro atoms. The van der Waals surface area contributed by atoms with Gasteiger partial charge in [-0.3, -0.25) is 9.59 Å². The average Bonchev–Trinajstić information content (AvgIpc) is 2.60. The Kier molecular flexibility index (Phi) is 6.54. The molecular formula is C18H17ClN2O4. The third-order valence-electron chi connectivity index (χ3n) is 3.41. The molecule has 130 valence electrons. The minimum Gasteiger partial charge on any atom is -0.478 e. The number of nitrogens with one attached hydrogen (secondary N) is 2. The van der Waals surface area contributed by atoms with E-state index in [-0.39, 0.29) is 36.5 Å². The van der Waals surface area contributed by atoms with Crippen LogP contribution in [-0.4, -0.2) is 36.0 Å². The zero-order valence-corrected chi connectivity index (χ0v) is 14.0. The van der Waals surface area contributed by atoms with Crippen LogP contribution in [0.3, 0.4) is 0 Å². The Balaban J connectivity index is 1.77. The van der Waals surface area contributed by atoms with Gasteiger partial charge in [-0.1, -0.05) is 35.9 Å². The molecule has 0 unspecified atom stereocenters. The zero-order chi connectivity index (χ0) is 18.2. The van der Waals surface area contributed by atoms with E-state index < -0.39 is 11.9 Å². The van der Waals surface area contributed by atoms with Crippen LogP contribution in [0.2, 0.25) is 5.02 Å². The van der Waals surface area contributed by atoms with E-state index in [4.69, 9.17) is 16.7 Å². The van der Waals surface area contributed by atoms with E-state index in [1.165, 1.54) is 12.1 Å². The molecule has 0 radical (unpaired) electrons. The molecule has 0 aliphatic heterocycles. The maximum Gasteiger partial charge on any atom is 0.336 e. The standard InChI is InChI=1S/C18H17ClN2O4/c19-13-7-5-12(6-8-13)11-16(22)20-9-10-21-17(23)14-3-1-2-4-15(14)18(24)25/h1-8H,9-11H2,(H,20,22)(H,21,23)(H,24,25). The lowest BCUT2D eigenvalue weighted by atomic mass is 10.1. The fraction of sp³-hybridized carbons (Fsp3) is 0.167. The van der Waals surface area contributed by atoms with Gasteiger partial charge in [0.25, 0.3) is 5.91 Å². The molecule has 0 fully saturated rings. The van der Waals surface area contributed by atoms with Gasteiger partial charge in [0.05, 0.1) is 17.5 Å². The van der Waals surface area contributed by atoms with Gasteiger partial charge in [-0.15, -0.1) is 0 Å². The number of benzene rings is 2. The molecule has 0 bridgehead atoms. The van der Waals surface area contributed by atoms with E-state index in [1.807, 2.05) is 0 Å². The van der Waals surface area contributed by atoms with E-state index in [0.717, 1.165) is 5.56 Å². The van der Waals surface area contributed by atoms with Crippen molar-refractivity contribution >= 4 is 29.4 Å². The monoisotopic (exact) mass is 360 g/mol. The lowest BCUT2D eigenvalue weighted by Crippen LogP contribution is -2.35. The van der Waals surface area contributed by atoms with Crippen LogP contribution in [0.25, 0.3) is 0 Å². The van der Waals surface area contributed by atoms with Crippen molar-refractivity contribution in [1.29, 1.82) is 0 Å². The predicted molar refractivity (Wildman–Crippen MR) is 93.9 cm³/mol. The Morgan fingerprint density at radius 3 is 2.12 bits per heavy atom.